The summed E-state index contributed by atoms with van der Waals surface area (Å²) < 4.78 is 36.3. The van der Waals surface area contributed by atoms with Crippen molar-refractivity contribution in [3.8, 4) is 16.9 Å². The maximum Gasteiger partial charge on any atom is 0.247 e. The Morgan fingerprint density at radius 3 is 2.72 bits per heavy atom. The van der Waals surface area contributed by atoms with Gasteiger partial charge in [-0.2, -0.15) is 10.1 Å². The summed E-state index contributed by atoms with van der Waals surface area (Å²) >= 11 is 0. The average Bonchev–Trinajstić information content (AvgIpc) is 3.52. The summed E-state index contributed by atoms with van der Waals surface area (Å²) in [6.45, 7) is 4.23. The number of nitrogens with zero attached hydrogens (tertiary/aromatic N) is 4. The molecule has 1 aliphatic carbocycles. The lowest BCUT2D eigenvalue weighted by molar-refractivity contribution is 0.343. The van der Waals surface area contributed by atoms with Gasteiger partial charge in [0.15, 0.2) is 11.4 Å². The fourth-order valence-electron chi connectivity index (χ4n) is 4.48. The van der Waals surface area contributed by atoms with E-state index >= 15 is 0 Å². The number of pyridine rings is 1. The van der Waals surface area contributed by atoms with E-state index in [0.717, 1.165) is 42.4 Å². The molecule has 0 saturated heterocycles. The van der Waals surface area contributed by atoms with E-state index in [0.29, 0.717) is 29.6 Å². The number of ether oxygens (including phenoxy) is 1. The Labute approximate surface area is 209 Å². The van der Waals surface area contributed by atoms with Crippen molar-refractivity contribution in [2.75, 3.05) is 11.9 Å². The molecule has 0 unspecified atom stereocenters. The minimum Gasteiger partial charge on any atom is -0.489 e. The maximum absolute atomic E-state index is 12.9. The standard InChI is InChI=1S/C24H30N8O3S/c1-3-35-22-20(16-13-26-27-14-16)10-11-32-23(22)29-24(30-32)28-21-9-8-19(12-15(21)2)36(33,34)31-18-6-4-17(25)5-7-18/h8-14,17-18,31H,3-7,25H2,1-2H3,(H,26,27)(H,28,30)/t17-,18+. The minimum absolute atomic E-state index is 0.0819. The molecule has 36 heavy (non-hydrogen) atoms. The van der Waals surface area contributed by atoms with Crippen molar-refractivity contribution in [3.63, 3.8) is 0 Å². The molecule has 12 heteroatoms. The number of nitrogens with two attached hydrogens (primary N) is 1. The third kappa shape index (κ3) is 4.92. The number of anilines is 2. The number of H-pyrrole nitrogens is 1. The Morgan fingerprint density at radius 1 is 1.22 bits per heavy atom. The molecule has 0 aliphatic heterocycles. The van der Waals surface area contributed by atoms with Crippen LogP contribution in [0.3, 0.4) is 0 Å². The van der Waals surface area contributed by atoms with Gasteiger partial charge in [0.1, 0.15) is 0 Å². The normalized spacial score (nSPS) is 18.4. The number of aryl methyl sites for hydroxylation is 1. The van der Waals surface area contributed by atoms with Crippen LogP contribution in [0.2, 0.25) is 0 Å². The number of aromatic amines is 1. The van der Waals surface area contributed by atoms with Crippen molar-refractivity contribution in [1.29, 1.82) is 0 Å². The van der Waals surface area contributed by atoms with Crippen LogP contribution in [-0.2, 0) is 10.0 Å². The topological polar surface area (TPSA) is 152 Å². The third-order valence-electron chi connectivity index (χ3n) is 6.41. The Kier molecular flexibility index (Phi) is 6.65. The minimum atomic E-state index is -3.63. The van der Waals surface area contributed by atoms with E-state index in [1.165, 1.54) is 0 Å². The number of rotatable bonds is 8. The molecule has 190 valence electrons. The van der Waals surface area contributed by atoms with E-state index in [-0.39, 0.29) is 17.0 Å². The van der Waals surface area contributed by atoms with Gasteiger partial charge in [-0.3, -0.25) is 5.10 Å². The Balaban J connectivity index is 1.38. The van der Waals surface area contributed by atoms with Crippen molar-refractivity contribution >= 4 is 27.3 Å². The zero-order valence-corrected chi connectivity index (χ0v) is 21.0. The van der Waals surface area contributed by atoms with Crippen molar-refractivity contribution in [3.05, 3.63) is 48.4 Å². The number of fused-ring (bicyclic) bond motifs is 1. The summed E-state index contributed by atoms with van der Waals surface area (Å²) in [6, 6.07) is 6.95. The summed E-state index contributed by atoms with van der Waals surface area (Å²) in [5.74, 6) is 0.977. The van der Waals surface area contributed by atoms with Gasteiger partial charge in [-0.15, -0.1) is 5.10 Å². The molecule has 5 N–H and O–H groups in total. The molecule has 1 fully saturated rings. The zero-order valence-electron chi connectivity index (χ0n) is 20.2. The lowest BCUT2D eigenvalue weighted by Crippen LogP contribution is -2.40. The molecule has 5 rings (SSSR count). The number of sulfonamides is 1. The largest absolute Gasteiger partial charge is 0.489 e. The second-order valence-electron chi connectivity index (χ2n) is 9.02. The van der Waals surface area contributed by atoms with Gasteiger partial charge in [-0.05, 0) is 69.4 Å². The highest BCUT2D eigenvalue weighted by molar-refractivity contribution is 7.89. The van der Waals surface area contributed by atoms with Crippen molar-refractivity contribution < 1.29 is 13.2 Å². The first-order valence-corrected chi connectivity index (χ1v) is 13.5. The molecule has 0 atom stereocenters. The molecule has 4 aromatic rings. The Morgan fingerprint density at radius 2 is 2.03 bits per heavy atom. The molecular formula is C24H30N8O3S. The summed E-state index contributed by atoms with van der Waals surface area (Å²) in [6.07, 6.45) is 8.49. The molecule has 3 heterocycles. The van der Waals surface area contributed by atoms with E-state index in [1.807, 2.05) is 26.1 Å². The highest BCUT2D eigenvalue weighted by atomic mass is 32.2. The number of nitrogens with one attached hydrogen (secondary N) is 3. The number of aromatic nitrogens is 5. The summed E-state index contributed by atoms with van der Waals surface area (Å²) in [4.78, 5) is 4.87. The van der Waals surface area contributed by atoms with E-state index in [4.69, 9.17) is 10.5 Å². The monoisotopic (exact) mass is 510 g/mol. The van der Waals surface area contributed by atoms with Crippen LogP contribution in [0.4, 0.5) is 11.6 Å². The fourth-order valence-corrected chi connectivity index (χ4v) is 5.87. The third-order valence-corrected chi connectivity index (χ3v) is 7.93. The number of benzene rings is 1. The van der Waals surface area contributed by atoms with Gasteiger partial charge < -0.3 is 15.8 Å². The fraction of sp³-hybridized carbons (Fsp3) is 0.375. The van der Waals surface area contributed by atoms with Gasteiger partial charge >= 0.3 is 0 Å². The van der Waals surface area contributed by atoms with Gasteiger partial charge in [-0.25, -0.2) is 17.7 Å². The summed E-state index contributed by atoms with van der Waals surface area (Å²) in [5, 5.41) is 14.6. The molecule has 1 aromatic carbocycles. The molecule has 3 aromatic heterocycles. The second-order valence-corrected chi connectivity index (χ2v) is 10.7. The zero-order chi connectivity index (χ0) is 25.3. The number of hydrogen-bond acceptors (Lipinski definition) is 8. The predicted molar refractivity (Wildman–Crippen MR) is 137 cm³/mol. The molecule has 0 bridgehead atoms. The van der Waals surface area contributed by atoms with E-state index in [1.54, 1.807) is 35.1 Å². The molecule has 0 radical (unpaired) electrons. The lowest BCUT2D eigenvalue weighted by atomic mass is 9.93. The number of hydrogen-bond donors (Lipinski definition) is 4. The van der Waals surface area contributed by atoms with Crippen LogP contribution in [0.5, 0.6) is 5.75 Å². The first-order valence-electron chi connectivity index (χ1n) is 12.0. The van der Waals surface area contributed by atoms with Gasteiger partial charge in [0.2, 0.25) is 16.0 Å². The van der Waals surface area contributed by atoms with Crippen LogP contribution in [-0.4, -0.2) is 51.9 Å². The van der Waals surface area contributed by atoms with Gasteiger partial charge in [0.25, 0.3) is 0 Å². The van der Waals surface area contributed by atoms with Crippen molar-refractivity contribution in [2.45, 2.75) is 56.5 Å². The molecule has 0 spiro atoms. The molecule has 1 aliphatic rings. The van der Waals surface area contributed by atoms with Crippen LogP contribution < -0.4 is 20.5 Å². The first kappa shape index (κ1) is 24.2. The van der Waals surface area contributed by atoms with Gasteiger partial charge in [-0.1, -0.05) is 0 Å². The van der Waals surface area contributed by atoms with E-state index in [9.17, 15) is 8.42 Å². The summed E-state index contributed by atoms with van der Waals surface area (Å²) in [5.41, 5.74) is 9.71. The van der Waals surface area contributed by atoms with Crippen molar-refractivity contribution in [1.82, 2.24) is 29.5 Å². The molecule has 11 nitrogen and oxygen atoms in total. The predicted octanol–water partition coefficient (Wildman–Crippen LogP) is 3.12. The van der Waals surface area contributed by atoms with Gasteiger partial charge in [0, 0.05) is 41.3 Å². The van der Waals surface area contributed by atoms with E-state index < -0.39 is 10.0 Å². The second kappa shape index (κ2) is 9.88. The van der Waals surface area contributed by atoms with Crippen LogP contribution in [0.25, 0.3) is 16.8 Å². The highest BCUT2D eigenvalue weighted by Gasteiger charge is 2.25. The van der Waals surface area contributed by atoms with Gasteiger partial charge in [0.05, 0.1) is 17.7 Å². The highest BCUT2D eigenvalue weighted by Crippen LogP contribution is 2.33. The van der Waals surface area contributed by atoms with Crippen LogP contribution in [0.15, 0.2) is 47.8 Å². The average molecular weight is 511 g/mol. The summed E-state index contributed by atoms with van der Waals surface area (Å²) in [7, 11) is -3.63. The van der Waals surface area contributed by atoms with E-state index in [2.05, 4.69) is 30.3 Å². The SMILES string of the molecule is CCOc1c(-c2cn[nH]c2)ccn2nc(Nc3ccc(S(=O)(=O)N[C@H]4CC[C@@H](N)CC4)cc3C)nc12. The first-order chi connectivity index (χ1) is 17.3. The van der Waals surface area contributed by atoms with Crippen molar-refractivity contribution in [2.24, 2.45) is 5.73 Å². The quantitative estimate of drug-likeness (QED) is 0.282. The Bertz CT molecular complexity index is 1460. The molecular weight excluding hydrogens is 480 g/mol. The Hall–Kier alpha value is -3.48. The van der Waals surface area contributed by atoms with Crippen LogP contribution in [0.1, 0.15) is 38.2 Å². The molecule has 0 amide bonds. The maximum atomic E-state index is 12.9. The van der Waals surface area contributed by atoms with Crippen LogP contribution in [0, 0.1) is 6.92 Å². The smallest absolute Gasteiger partial charge is 0.247 e. The lowest BCUT2D eigenvalue weighted by Gasteiger charge is -2.26. The van der Waals surface area contributed by atoms with Crippen LogP contribution >= 0.6 is 0 Å². The molecule has 1 saturated carbocycles.